The Balaban J connectivity index is 0.000000258. The maximum Gasteiger partial charge on any atom is 0.475 e. The zero-order valence-electron chi connectivity index (χ0n) is 57.9. The van der Waals surface area contributed by atoms with E-state index >= 15 is 0 Å². The zero-order chi connectivity index (χ0) is 83.2. The molecule has 48 nitrogen and oxygen atoms in total. The van der Waals surface area contributed by atoms with Crippen molar-refractivity contribution in [3.8, 4) is 0 Å². The second-order valence-corrected chi connectivity index (χ2v) is 28.1. The molecule has 50 heteroatoms. The highest BCUT2D eigenvalue weighted by Crippen LogP contribution is 2.54. The van der Waals surface area contributed by atoms with Crippen LogP contribution in [0.3, 0.4) is 0 Å². The number of hydroxylamine groups is 2. The predicted molar refractivity (Wildman–Crippen MR) is 359 cm³/mol. The molecule has 5 fully saturated rings. The summed E-state index contributed by atoms with van der Waals surface area (Å²) in [6.07, 6.45) is -29.6. The van der Waals surface area contributed by atoms with Gasteiger partial charge in [-0.05, 0) is 36.4 Å². The van der Waals surface area contributed by atoms with Crippen LogP contribution in [0.15, 0.2) is 82.6 Å². The number of nitrogen functional groups attached to an aromatic ring is 2. The fourth-order valence-electron chi connectivity index (χ4n) is 11.6. The van der Waals surface area contributed by atoms with Crippen LogP contribution in [0.4, 0.5) is 11.6 Å². The third kappa shape index (κ3) is 22.3. The number of nitrogens with two attached hydrogens (primary N) is 3. The number of hydrogen-bond acceptors (Lipinski definition) is 40. The van der Waals surface area contributed by atoms with Crippen molar-refractivity contribution >= 4 is 87.0 Å². The third-order valence-electron chi connectivity index (χ3n) is 17.6. The maximum atomic E-state index is 13.1. The number of phosphoric acid groups is 2. The molecule has 3 amide bonds. The molecule has 0 radical (unpaired) electrons. The molecule has 23 N–H and O–H groups in total. The first kappa shape index (κ1) is 90.2. The van der Waals surface area contributed by atoms with Crippen LogP contribution in [0.2, 0.25) is 0 Å². The minimum atomic E-state index is -5.62. The highest BCUT2D eigenvalue weighted by Gasteiger charge is 2.61. The van der Waals surface area contributed by atoms with Gasteiger partial charge in [0.1, 0.15) is 91.0 Å². The van der Waals surface area contributed by atoms with Crippen LogP contribution in [0.25, 0.3) is 0 Å². The Morgan fingerprint density at radius 1 is 0.598 bits per heavy atom. The van der Waals surface area contributed by atoms with E-state index in [2.05, 4.69) is 15.3 Å². The lowest BCUT2D eigenvalue weighted by Gasteiger charge is -2.46. The predicted octanol–water partition coefficient (Wildman–Crippen LogP) is -8.48. The number of hydrogen-bond donors (Lipinski definition) is 20. The molecule has 22 atom stereocenters. The SMILES string of the molecule is NCC(=O)CC1C(O)CC(OP(=O)(O)OC[C@H]2O[C@@H](n3ccc(N)nc3=O)C(O)[C@H]2O)(C(=O)O)OC1C(O)[C@H](O)CO.Nc1ccn([C@@H]2O[C@H](COP(=O)(O)OC3(C(=O)O)CC(O)C(CC(=O)CNC(=O)c4ccc(C=O)cc4)C(C(O)[C@H](O)CO)O3)[C@H](O)C2O)c(=O)n1.O=Cc1ccc(C(=O)ON2C(=O)CCC2=O)cc1. The fraction of sp³-hybridized carbons (Fsp3) is 0.516. The molecule has 5 aliphatic rings. The first-order chi connectivity index (χ1) is 52.6. The number of ketones is 2. The van der Waals surface area contributed by atoms with Crippen molar-refractivity contribution in [2.45, 2.75) is 148 Å². The Morgan fingerprint density at radius 3 is 1.34 bits per heavy atom. The van der Waals surface area contributed by atoms with Crippen molar-refractivity contribution in [3.63, 3.8) is 0 Å². The number of aromatic nitrogens is 4. The largest absolute Gasteiger partial charge is 0.477 e. The summed E-state index contributed by atoms with van der Waals surface area (Å²) in [5.74, 6) is -18.0. The molecule has 2 aromatic carbocycles. The number of ether oxygens (including phenoxy) is 4. The lowest BCUT2D eigenvalue weighted by Crippen LogP contribution is -2.62. The summed E-state index contributed by atoms with van der Waals surface area (Å²) < 4.78 is 68.2. The van der Waals surface area contributed by atoms with Gasteiger partial charge in [-0.25, -0.2) is 42.2 Å². The van der Waals surface area contributed by atoms with Gasteiger partial charge in [-0.1, -0.05) is 24.3 Å². The van der Waals surface area contributed by atoms with Gasteiger partial charge in [-0.15, -0.1) is 5.06 Å². The number of anilines is 2. The molecular weight excluding hydrogens is 1560 g/mol. The molecule has 9 rings (SSSR count). The maximum absolute atomic E-state index is 13.1. The molecule has 5 aliphatic heterocycles. The van der Waals surface area contributed by atoms with E-state index in [4.69, 9.17) is 59.1 Å². The van der Waals surface area contributed by atoms with Crippen molar-refractivity contribution in [2.75, 3.05) is 51.0 Å². The molecule has 0 bridgehead atoms. The summed E-state index contributed by atoms with van der Waals surface area (Å²) in [6.45, 7) is -5.38. The quantitative estimate of drug-likeness (QED) is 0.0123. The number of carboxylic acid groups (broad SMARTS) is 2. The first-order valence-corrected chi connectivity index (χ1v) is 36.0. The van der Waals surface area contributed by atoms with Gasteiger partial charge >= 0.3 is 44.9 Å². The number of carboxylic acids is 2. The Kier molecular flexibility index (Phi) is 31.2. The van der Waals surface area contributed by atoms with E-state index in [1.54, 1.807) is 0 Å². The van der Waals surface area contributed by atoms with Crippen LogP contribution in [0.1, 0.15) is 92.4 Å². The molecule has 5 saturated heterocycles. The lowest BCUT2D eigenvalue weighted by atomic mass is 9.80. The number of aliphatic hydroxyl groups is 12. The Hall–Kier alpha value is -8.96. The van der Waals surface area contributed by atoms with Gasteiger partial charge in [0.15, 0.2) is 18.2 Å². The molecular formula is C62H79N9O39P2. The summed E-state index contributed by atoms with van der Waals surface area (Å²) in [5, 5.41) is 146. The smallest absolute Gasteiger partial charge is 0.475 e. The molecule has 2 aromatic heterocycles. The van der Waals surface area contributed by atoms with Crippen LogP contribution in [0.5, 0.6) is 0 Å². The van der Waals surface area contributed by atoms with Gasteiger partial charge in [0.25, 0.3) is 29.3 Å². The third-order valence-corrected chi connectivity index (χ3v) is 19.6. The highest BCUT2D eigenvalue weighted by molar-refractivity contribution is 7.47. The average Bonchev–Trinajstić information content (AvgIpc) is 1.07. The second-order valence-electron chi connectivity index (χ2n) is 25.3. The van der Waals surface area contributed by atoms with Gasteiger partial charge in [0.2, 0.25) is 0 Å². The number of carbonyl (C=O) groups excluding carboxylic acids is 8. The van der Waals surface area contributed by atoms with Crippen molar-refractivity contribution in [3.05, 3.63) is 116 Å². The number of nitrogens with zero attached hydrogens (tertiary/aromatic N) is 5. The van der Waals surface area contributed by atoms with E-state index in [0.717, 1.165) is 21.5 Å². The molecule has 14 unspecified atom stereocenters. The van der Waals surface area contributed by atoms with Gasteiger partial charge in [0.05, 0.1) is 69.5 Å². The number of benzene rings is 2. The van der Waals surface area contributed by atoms with Crippen molar-refractivity contribution in [1.82, 2.24) is 29.5 Å². The van der Waals surface area contributed by atoms with E-state index in [1.807, 2.05) is 0 Å². The standard InChI is InChI=1S/C29H37N4O18P.C21H33N4O16P.C12H9NO5/c30-20-5-6-33(28(45)32-20)26-23(41)22(40)19(49-26)12-48-52(46,47)51-29(27(43)44)8-17(37)16(24(50-29)21(39)18(38)11-35)7-15(36)9-31-25(42)14-3-1-13(10-34)2-4-14;22-5-8(27)3-9-10(28)4-21(19(33)34,40-17(9)14(30)11(29)6-26)41-42(36,37)38-7-12-15(31)16(32)18(39-12)25-2-1-13(23)24-20(25)35;14-7-8-1-3-9(4-2-8)12(17)18-13-10(15)5-6-11(13)16/h1-6,10,16-19,21-24,26,35,37-41H,7-9,11-12H2,(H,31,42)(H,43,44)(H,46,47)(H2,30,32,45);1-2,9-12,14-18,26,28-32H,3-7,22H2,(H,33,34)(H,36,37)(H2,23,24,35);1-4,7H,5-6H2/t16?,17?,18-,19-,21?,22+,23?,24?,26-,29?;9?,10?,11-,12-,14?,15+,16?,17?,18-,21?;/m11./s1. The normalized spacial score (nSPS) is 29.1. The Bertz CT molecular complexity index is 4260. The van der Waals surface area contributed by atoms with Crippen LogP contribution in [-0.2, 0) is 79.8 Å². The van der Waals surface area contributed by atoms with Crippen molar-refractivity contribution < 1.29 is 180 Å². The molecule has 616 valence electrons. The van der Waals surface area contributed by atoms with Gasteiger partial charge in [-0.3, -0.25) is 51.7 Å². The summed E-state index contributed by atoms with van der Waals surface area (Å²) in [6, 6.07) is 13.4. The monoisotopic (exact) mass is 1640 g/mol. The average molecular weight is 1640 g/mol. The minimum absolute atomic E-state index is 0.0518. The number of carbonyl (C=O) groups is 10. The number of Topliss-reactive ketones (excluding diaryl/α,β-unsaturated/α-hetero) is 2. The van der Waals surface area contributed by atoms with Crippen LogP contribution >= 0.6 is 15.6 Å². The van der Waals surface area contributed by atoms with E-state index < -0.39 is 261 Å². The van der Waals surface area contributed by atoms with Crippen LogP contribution in [0, 0.1) is 11.8 Å². The topological polar surface area (TPSA) is 775 Å². The molecule has 7 heterocycles. The van der Waals surface area contributed by atoms with Gasteiger partial charge in [-0.2, -0.15) is 9.97 Å². The summed E-state index contributed by atoms with van der Waals surface area (Å²) in [5.41, 5.74) is 15.2. The van der Waals surface area contributed by atoms with Gasteiger partial charge < -0.3 is 128 Å². The Morgan fingerprint density at radius 2 is 0.982 bits per heavy atom. The number of aliphatic carboxylic acids is 2. The summed E-state index contributed by atoms with van der Waals surface area (Å²) >= 11 is 0. The minimum Gasteiger partial charge on any atom is -0.477 e. The number of aldehydes is 2. The second kappa shape index (κ2) is 38.7. The Labute approximate surface area is 627 Å². The number of amides is 3. The number of nitrogens with one attached hydrogen (secondary N) is 1. The molecule has 112 heavy (non-hydrogen) atoms. The van der Waals surface area contributed by atoms with Crippen molar-refractivity contribution in [1.29, 1.82) is 0 Å². The van der Waals surface area contributed by atoms with Gasteiger partial charge in [0, 0.05) is 79.4 Å². The molecule has 0 aliphatic carbocycles. The number of rotatable bonds is 32. The molecule has 0 saturated carbocycles. The number of phosphoric ester groups is 2. The van der Waals surface area contributed by atoms with Crippen molar-refractivity contribution in [2.24, 2.45) is 17.6 Å². The fourth-order valence-corrected chi connectivity index (χ4v) is 13.5. The number of aliphatic hydroxyl groups excluding tert-OH is 12. The first-order valence-electron chi connectivity index (χ1n) is 33.0. The van der Waals surface area contributed by atoms with E-state index in [-0.39, 0.29) is 35.6 Å². The lowest BCUT2D eigenvalue weighted by molar-refractivity contribution is -0.298. The highest BCUT2D eigenvalue weighted by atomic mass is 31.2. The van der Waals surface area contributed by atoms with E-state index in [1.165, 1.54) is 60.7 Å². The molecule has 0 spiro atoms. The molecule has 4 aromatic rings. The van der Waals surface area contributed by atoms with Crippen LogP contribution < -0.4 is 33.9 Å². The van der Waals surface area contributed by atoms with E-state index in [9.17, 15) is 148 Å². The van der Waals surface area contributed by atoms with E-state index in [0.29, 0.717) is 28.8 Å². The number of imide groups is 1. The summed E-state index contributed by atoms with van der Waals surface area (Å²) in [7, 11) is -11.1. The van der Waals surface area contributed by atoms with Crippen LogP contribution in [-0.4, -0.2) is 302 Å². The summed E-state index contributed by atoms with van der Waals surface area (Å²) in [4.78, 5) is 174. The zero-order valence-corrected chi connectivity index (χ0v) is 59.7.